The Balaban J connectivity index is 1.70. The van der Waals surface area contributed by atoms with Crippen LogP contribution >= 0.6 is 0 Å². The van der Waals surface area contributed by atoms with Crippen LogP contribution in [-0.2, 0) is 6.54 Å². The zero-order chi connectivity index (χ0) is 17.8. The van der Waals surface area contributed by atoms with E-state index in [9.17, 15) is 9.90 Å². The highest BCUT2D eigenvalue weighted by Gasteiger charge is 2.23. The van der Waals surface area contributed by atoms with Gasteiger partial charge in [0.05, 0.1) is 6.10 Å². The van der Waals surface area contributed by atoms with Gasteiger partial charge in [0, 0.05) is 30.9 Å². The van der Waals surface area contributed by atoms with E-state index < -0.39 is 6.10 Å². The number of aliphatic hydroxyl groups excluding tert-OH is 1. The van der Waals surface area contributed by atoms with E-state index in [2.05, 4.69) is 37.4 Å². The van der Waals surface area contributed by atoms with E-state index in [1.165, 1.54) is 16.7 Å². The largest absolute Gasteiger partial charge is 0.391 e. The van der Waals surface area contributed by atoms with E-state index in [-0.39, 0.29) is 5.91 Å². The number of aryl methyl sites for hydroxylation is 2. The Hall–Kier alpha value is -2.33. The van der Waals surface area contributed by atoms with E-state index in [0.29, 0.717) is 12.1 Å². The summed E-state index contributed by atoms with van der Waals surface area (Å²) in [5, 5.41) is 13.2. The molecule has 0 aliphatic carbocycles. The predicted molar refractivity (Wildman–Crippen MR) is 101 cm³/mol. The van der Waals surface area contributed by atoms with Crippen molar-refractivity contribution in [1.29, 1.82) is 0 Å². The van der Waals surface area contributed by atoms with Crippen molar-refractivity contribution in [2.45, 2.75) is 39.3 Å². The molecular weight excluding hydrogens is 312 g/mol. The molecule has 1 fully saturated rings. The van der Waals surface area contributed by atoms with Gasteiger partial charge in [-0.1, -0.05) is 24.3 Å². The zero-order valence-electron chi connectivity index (χ0n) is 15.0. The van der Waals surface area contributed by atoms with Gasteiger partial charge in [0.25, 0.3) is 5.91 Å². The van der Waals surface area contributed by atoms with Crippen molar-refractivity contribution in [3.8, 4) is 0 Å². The summed E-state index contributed by atoms with van der Waals surface area (Å²) in [6.07, 6.45) is 1.24. The second-order valence-corrected chi connectivity index (χ2v) is 6.85. The van der Waals surface area contributed by atoms with Crippen LogP contribution in [-0.4, -0.2) is 35.1 Å². The van der Waals surface area contributed by atoms with Gasteiger partial charge in [0.2, 0.25) is 0 Å². The van der Waals surface area contributed by atoms with Crippen molar-refractivity contribution in [3.05, 3.63) is 64.7 Å². The number of nitrogens with zero attached hydrogens (tertiary/aromatic N) is 1. The van der Waals surface area contributed by atoms with Crippen LogP contribution in [0.25, 0.3) is 0 Å². The fourth-order valence-corrected chi connectivity index (χ4v) is 3.40. The van der Waals surface area contributed by atoms with E-state index in [1.54, 1.807) is 4.90 Å². The van der Waals surface area contributed by atoms with Gasteiger partial charge >= 0.3 is 0 Å². The third-order valence-corrected chi connectivity index (χ3v) is 4.91. The van der Waals surface area contributed by atoms with Gasteiger partial charge < -0.3 is 15.3 Å². The average molecular weight is 338 g/mol. The molecule has 2 aromatic rings. The second-order valence-electron chi connectivity index (χ2n) is 6.85. The highest BCUT2D eigenvalue weighted by atomic mass is 16.3. The summed E-state index contributed by atoms with van der Waals surface area (Å²) < 4.78 is 0. The molecule has 1 unspecified atom stereocenters. The van der Waals surface area contributed by atoms with Crippen molar-refractivity contribution in [2.24, 2.45) is 0 Å². The van der Waals surface area contributed by atoms with Gasteiger partial charge in [-0.15, -0.1) is 0 Å². The number of carbonyl (C=O) groups is 1. The minimum atomic E-state index is -0.400. The van der Waals surface area contributed by atoms with Crippen LogP contribution in [0.2, 0.25) is 0 Å². The van der Waals surface area contributed by atoms with Gasteiger partial charge in [0.1, 0.15) is 0 Å². The zero-order valence-corrected chi connectivity index (χ0v) is 15.0. The maximum Gasteiger partial charge on any atom is 0.254 e. The Bertz CT molecular complexity index is 737. The molecule has 25 heavy (non-hydrogen) atoms. The Morgan fingerprint density at radius 2 is 1.92 bits per heavy atom. The van der Waals surface area contributed by atoms with Crippen molar-refractivity contribution in [1.82, 2.24) is 4.90 Å². The summed E-state index contributed by atoms with van der Waals surface area (Å²) in [5.74, 6) is -0.00512. The number of amides is 1. The van der Waals surface area contributed by atoms with Gasteiger partial charge in [-0.3, -0.25) is 4.79 Å². The van der Waals surface area contributed by atoms with Crippen LogP contribution in [0.4, 0.5) is 5.69 Å². The molecule has 1 heterocycles. The SMILES string of the molecule is Cc1cccc(C)c1CNc1cccc(C(=O)N2CCCC(O)C2)c1. The van der Waals surface area contributed by atoms with E-state index in [1.807, 2.05) is 24.3 Å². The normalized spacial score (nSPS) is 17.4. The van der Waals surface area contributed by atoms with Crippen molar-refractivity contribution in [3.63, 3.8) is 0 Å². The Morgan fingerprint density at radius 1 is 1.20 bits per heavy atom. The van der Waals surface area contributed by atoms with Crippen molar-refractivity contribution in [2.75, 3.05) is 18.4 Å². The number of aliphatic hydroxyl groups is 1. The monoisotopic (exact) mass is 338 g/mol. The highest BCUT2D eigenvalue weighted by molar-refractivity contribution is 5.95. The molecule has 4 heteroatoms. The van der Waals surface area contributed by atoms with E-state index >= 15 is 0 Å². The summed E-state index contributed by atoms with van der Waals surface area (Å²) in [6.45, 7) is 6.12. The molecule has 2 N–H and O–H groups in total. The number of nitrogens with one attached hydrogen (secondary N) is 1. The minimum Gasteiger partial charge on any atom is -0.391 e. The summed E-state index contributed by atoms with van der Waals surface area (Å²) in [6, 6.07) is 13.9. The number of rotatable bonds is 4. The number of hydrogen-bond acceptors (Lipinski definition) is 3. The molecule has 1 aliphatic rings. The van der Waals surface area contributed by atoms with Crippen LogP contribution in [0.1, 0.15) is 39.9 Å². The average Bonchev–Trinajstić information content (AvgIpc) is 2.61. The van der Waals surface area contributed by atoms with Crippen LogP contribution in [0.5, 0.6) is 0 Å². The summed E-state index contributed by atoms with van der Waals surface area (Å²) in [7, 11) is 0. The fourth-order valence-electron chi connectivity index (χ4n) is 3.40. The smallest absolute Gasteiger partial charge is 0.254 e. The first-order valence-corrected chi connectivity index (χ1v) is 8.91. The van der Waals surface area contributed by atoms with Crippen molar-refractivity contribution < 1.29 is 9.90 Å². The Labute approximate surface area is 149 Å². The first-order chi connectivity index (χ1) is 12.0. The molecule has 0 spiro atoms. The summed E-state index contributed by atoms with van der Waals surface area (Å²) in [4.78, 5) is 14.4. The third-order valence-electron chi connectivity index (χ3n) is 4.91. The highest BCUT2D eigenvalue weighted by Crippen LogP contribution is 2.19. The number of β-amino-alcohol motifs (C(OH)–C–C–N with tert-alkyl or cyclic N) is 1. The maximum atomic E-state index is 12.7. The van der Waals surface area contributed by atoms with E-state index in [0.717, 1.165) is 31.6 Å². The molecule has 2 aromatic carbocycles. The molecule has 1 amide bonds. The molecule has 1 saturated heterocycles. The molecule has 0 bridgehead atoms. The van der Waals surface area contributed by atoms with Gasteiger partial charge in [-0.2, -0.15) is 0 Å². The van der Waals surface area contributed by atoms with Crippen LogP contribution in [0.15, 0.2) is 42.5 Å². The molecule has 1 atom stereocenters. The number of likely N-dealkylation sites (tertiary alicyclic amines) is 1. The lowest BCUT2D eigenvalue weighted by Crippen LogP contribution is -2.42. The predicted octanol–water partition coefficient (Wildman–Crippen LogP) is 3.51. The van der Waals surface area contributed by atoms with Gasteiger partial charge in [0.15, 0.2) is 0 Å². The standard InChI is InChI=1S/C21H26N2O2/c1-15-6-3-7-16(2)20(15)13-22-18-9-4-8-17(12-18)21(25)23-11-5-10-19(24)14-23/h3-4,6-9,12,19,22,24H,5,10-11,13-14H2,1-2H3. The fraction of sp³-hybridized carbons (Fsp3) is 0.381. The second kappa shape index (κ2) is 7.70. The van der Waals surface area contributed by atoms with Crippen LogP contribution < -0.4 is 5.32 Å². The molecule has 0 radical (unpaired) electrons. The van der Waals surface area contributed by atoms with Gasteiger partial charge in [-0.25, -0.2) is 0 Å². The van der Waals surface area contributed by atoms with Crippen LogP contribution in [0, 0.1) is 13.8 Å². The number of hydrogen-bond donors (Lipinski definition) is 2. The number of benzene rings is 2. The molecular formula is C21H26N2O2. The molecule has 1 aliphatic heterocycles. The lowest BCUT2D eigenvalue weighted by molar-refractivity contribution is 0.0474. The minimum absolute atomic E-state index is 0.00512. The quantitative estimate of drug-likeness (QED) is 0.897. The Kier molecular flexibility index (Phi) is 5.39. The van der Waals surface area contributed by atoms with E-state index in [4.69, 9.17) is 0 Å². The number of carbonyl (C=O) groups excluding carboxylic acids is 1. The molecule has 132 valence electrons. The van der Waals surface area contributed by atoms with Crippen LogP contribution in [0.3, 0.4) is 0 Å². The molecule has 0 aromatic heterocycles. The first-order valence-electron chi connectivity index (χ1n) is 8.91. The van der Waals surface area contributed by atoms with Crippen molar-refractivity contribution >= 4 is 11.6 Å². The number of anilines is 1. The maximum absolute atomic E-state index is 12.7. The third kappa shape index (κ3) is 4.20. The number of piperidine rings is 1. The molecule has 3 rings (SSSR count). The lowest BCUT2D eigenvalue weighted by atomic mass is 10.0. The topological polar surface area (TPSA) is 52.6 Å². The summed E-state index contributed by atoms with van der Waals surface area (Å²) in [5.41, 5.74) is 5.43. The summed E-state index contributed by atoms with van der Waals surface area (Å²) >= 11 is 0. The molecule has 0 saturated carbocycles. The Morgan fingerprint density at radius 3 is 2.64 bits per heavy atom. The first kappa shape index (κ1) is 17.5. The lowest BCUT2D eigenvalue weighted by Gasteiger charge is -2.30. The molecule has 4 nitrogen and oxygen atoms in total. The van der Waals surface area contributed by atoms with Gasteiger partial charge in [-0.05, 0) is 61.6 Å².